The number of nitrogens with one attached hydrogen (secondary N) is 2. The first kappa shape index (κ1) is 21.3. The van der Waals surface area contributed by atoms with Gasteiger partial charge in [0.2, 0.25) is 0 Å². The summed E-state index contributed by atoms with van der Waals surface area (Å²) < 4.78 is 10.0. The SMILES string of the molecule is CCOc1ccc(C(=O)Nc2c(N)nc(S[C@H](CC)C(=O)OC)[nH]c2=O)cc1. The number of benzene rings is 1. The number of anilines is 2. The smallest absolute Gasteiger partial charge is 0.319 e. The molecule has 1 aromatic heterocycles. The molecule has 2 aromatic rings. The third-order valence-corrected chi connectivity index (χ3v) is 4.91. The molecule has 0 saturated carbocycles. The molecule has 0 aliphatic heterocycles. The Morgan fingerprint density at radius 1 is 1.29 bits per heavy atom. The van der Waals surface area contributed by atoms with E-state index in [1.807, 2.05) is 13.8 Å². The second-order valence-corrected chi connectivity index (χ2v) is 6.77. The van der Waals surface area contributed by atoms with Gasteiger partial charge >= 0.3 is 5.97 Å². The highest BCUT2D eigenvalue weighted by Gasteiger charge is 2.21. The van der Waals surface area contributed by atoms with Gasteiger partial charge in [0.25, 0.3) is 11.5 Å². The highest BCUT2D eigenvalue weighted by Crippen LogP contribution is 2.24. The monoisotopic (exact) mass is 406 g/mol. The van der Waals surface area contributed by atoms with Gasteiger partial charge in [0.1, 0.15) is 16.7 Å². The average molecular weight is 406 g/mol. The number of methoxy groups -OCH3 is 1. The predicted molar refractivity (Wildman–Crippen MR) is 107 cm³/mol. The lowest BCUT2D eigenvalue weighted by Gasteiger charge is -2.12. The molecule has 28 heavy (non-hydrogen) atoms. The highest BCUT2D eigenvalue weighted by atomic mass is 32.2. The minimum absolute atomic E-state index is 0.148. The van der Waals surface area contributed by atoms with E-state index < -0.39 is 22.7 Å². The molecule has 0 bridgehead atoms. The van der Waals surface area contributed by atoms with Gasteiger partial charge in [-0.05, 0) is 37.6 Å². The van der Waals surface area contributed by atoms with Gasteiger partial charge in [0.15, 0.2) is 11.0 Å². The number of aromatic amines is 1. The van der Waals surface area contributed by atoms with Gasteiger partial charge in [-0.3, -0.25) is 19.4 Å². The number of aromatic nitrogens is 2. The number of carbonyl (C=O) groups excluding carboxylic acids is 2. The van der Waals surface area contributed by atoms with Gasteiger partial charge < -0.3 is 20.5 Å². The average Bonchev–Trinajstić information content (AvgIpc) is 2.69. The van der Waals surface area contributed by atoms with Crippen molar-refractivity contribution in [1.82, 2.24) is 9.97 Å². The topological polar surface area (TPSA) is 136 Å². The third kappa shape index (κ3) is 5.26. The minimum Gasteiger partial charge on any atom is -0.494 e. The summed E-state index contributed by atoms with van der Waals surface area (Å²) in [7, 11) is 1.29. The molecule has 9 nitrogen and oxygen atoms in total. The van der Waals surface area contributed by atoms with Gasteiger partial charge in [0, 0.05) is 5.56 Å². The second kappa shape index (κ2) is 9.79. The summed E-state index contributed by atoms with van der Waals surface area (Å²) in [6, 6.07) is 6.46. The lowest BCUT2D eigenvalue weighted by atomic mass is 10.2. The number of rotatable bonds is 8. The lowest BCUT2D eigenvalue weighted by Crippen LogP contribution is -2.24. The fourth-order valence-electron chi connectivity index (χ4n) is 2.27. The second-order valence-electron chi connectivity index (χ2n) is 5.58. The first-order chi connectivity index (χ1) is 13.4. The molecule has 0 radical (unpaired) electrons. The van der Waals surface area contributed by atoms with E-state index in [-0.39, 0.29) is 16.7 Å². The van der Waals surface area contributed by atoms with Gasteiger partial charge in [-0.1, -0.05) is 18.7 Å². The largest absolute Gasteiger partial charge is 0.494 e. The maximum absolute atomic E-state index is 12.4. The number of esters is 1. The number of hydrogen-bond donors (Lipinski definition) is 3. The number of nitrogens with zero attached hydrogens (tertiary/aromatic N) is 1. The summed E-state index contributed by atoms with van der Waals surface area (Å²) >= 11 is 1.03. The van der Waals surface area contributed by atoms with Crippen molar-refractivity contribution in [1.29, 1.82) is 0 Å². The fraction of sp³-hybridized carbons (Fsp3) is 0.333. The van der Waals surface area contributed by atoms with Gasteiger partial charge in [-0.25, -0.2) is 4.98 Å². The number of ether oxygens (including phenoxy) is 2. The Kier molecular flexibility index (Phi) is 7.44. The zero-order chi connectivity index (χ0) is 20.7. The molecule has 2 rings (SSSR count). The first-order valence-electron chi connectivity index (χ1n) is 8.58. The zero-order valence-electron chi connectivity index (χ0n) is 15.8. The van der Waals surface area contributed by atoms with Gasteiger partial charge in [0.05, 0.1) is 13.7 Å². The van der Waals surface area contributed by atoms with Crippen molar-refractivity contribution in [3.05, 3.63) is 40.2 Å². The standard InChI is InChI=1S/C18H22N4O5S/c1-4-12(17(25)26-3)28-18-21-14(19)13(16(24)22-18)20-15(23)10-6-8-11(9-7-10)27-5-2/h6-9,12H,4-5H2,1-3H3,(H,20,23)(H3,19,21,22,24)/t12-/m1/s1. The van der Waals surface area contributed by atoms with Crippen LogP contribution in [0.1, 0.15) is 30.6 Å². The van der Waals surface area contributed by atoms with E-state index in [9.17, 15) is 14.4 Å². The molecule has 0 saturated heterocycles. The van der Waals surface area contributed by atoms with Crippen molar-refractivity contribution in [2.45, 2.75) is 30.7 Å². The lowest BCUT2D eigenvalue weighted by molar-refractivity contribution is -0.140. The van der Waals surface area contributed by atoms with Crippen molar-refractivity contribution >= 4 is 35.1 Å². The van der Waals surface area contributed by atoms with Gasteiger partial charge in [-0.15, -0.1) is 0 Å². The summed E-state index contributed by atoms with van der Waals surface area (Å²) in [6.45, 7) is 4.18. The van der Waals surface area contributed by atoms with Crippen LogP contribution in [-0.2, 0) is 9.53 Å². The molecule has 1 amide bonds. The van der Waals surface area contributed by atoms with Crippen LogP contribution in [0.15, 0.2) is 34.2 Å². The molecule has 0 aliphatic rings. The van der Waals surface area contributed by atoms with Crippen molar-refractivity contribution < 1.29 is 19.1 Å². The summed E-state index contributed by atoms with van der Waals surface area (Å²) in [4.78, 5) is 43.0. The Morgan fingerprint density at radius 3 is 2.50 bits per heavy atom. The zero-order valence-corrected chi connectivity index (χ0v) is 16.6. The Labute approximate surface area is 166 Å². The normalized spacial score (nSPS) is 11.5. The highest BCUT2D eigenvalue weighted by molar-refractivity contribution is 8.00. The Balaban J connectivity index is 2.17. The Bertz CT molecular complexity index is 898. The van der Waals surface area contributed by atoms with Crippen molar-refractivity contribution in [3.8, 4) is 5.75 Å². The molecule has 0 aliphatic carbocycles. The van der Waals surface area contributed by atoms with Crippen LogP contribution in [0, 0.1) is 0 Å². The number of nitrogens with two attached hydrogens (primary N) is 1. The minimum atomic E-state index is -0.617. The van der Waals surface area contributed by atoms with Crippen LogP contribution in [0.2, 0.25) is 0 Å². The van der Waals surface area contributed by atoms with E-state index in [1.165, 1.54) is 7.11 Å². The fourth-order valence-corrected chi connectivity index (χ4v) is 3.20. The number of nitrogen functional groups attached to an aromatic ring is 1. The van der Waals surface area contributed by atoms with Crippen LogP contribution in [0.4, 0.5) is 11.5 Å². The van der Waals surface area contributed by atoms with Crippen molar-refractivity contribution in [3.63, 3.8) is 0 Å². The quantitative estimate of drug-likeness (QED) is 0.344. The van der Waals surface area contributed by atoms with E-state index in [0.29, 0.717) is 24.3 Å². The predicted octanol–water partition coefficient (Wildman–Crippen LogP) is 2.05. The Morgan fingerprint density at radius 2 is 1.96 bits per heavy atom. The molecular weight excluding hydrogens is 384 g/mol. The molecule has 0 fully saturated rings. The summed E-state index contributed by atoms with van der Waals surface area (Å²) in [5, 5.41) is 2.10. The van der Waals surface area contributed by atoms with Crippen LogP contribution < -0.4 is 21.3 Å². The summed E-state index contributed by atoms with van der Waals surface area (Å²) in [6.07, 6.45) is 0.483. The number of carbonyl (C=O) groups is 2. The maximum Gasteiger partial charge on any atom is 0.319 e. The van der Waals surface area contributed by atoms with Gasteiger partial charge in [-0.2, -0.15) is 0 Å². The molecule has 1 atom stereocenters. The molecule has 0 unspecified atom stereocenters. The van der Waals surface area contributed by atoms with E-state index in [0.717, 1.165) is 11.8 Å². The molecule has 0 spiro atoms. The first-order valence-corrected chi connectivity index (χ1v) is 9.46. The van der Waals surface area contributed by atoms with Crippen LogP contribution in [0.25, 0.3) is 0 Å². The molecular formula is C18H22N4O5S. The Hall–Kier alpha value is -3.01. The summed E-state index contributed by atoms with van der Waals surface area (Å²) in [5.74, 6) is -0.453. The number of hydrogen-bond acceptors (Lipinski definition) is 8. The van der Waals surface area contributed by atoms with Crippen molar-refractivity contribution in [2.24, 2.45) is 0 Å². The number of H-pyrrole nitrogens is 1. The van der Waals surface area contributed by atoms with Crippen LogP contribution in [0.5, 0.6) is 5.75 Å². The molecule has 10 heteroatoms. The van der Waals surface area contributed by atoms with Crippen LogP contribution in [0.3, 0.4) is 0 Å². The van der Waals surface area contributed by atoms with E-state index >= 15 is 0 Å². The van der Waals surface area contributed by atoms with E-state index in [2.05, 4.69) is 15.3 Å². The molecule has 1 heterocycles. The maximum atomic E-state index is 12.4. The van der Waals surface area contributed by atoms with E-state index in [4.69, 9.17) is 15.2 Å². The van der Waals surface area contributed by atoms with Crippen molar-refractivity contribution in [2.75, 3.05) is 24.8 Å². The molecule has 150 valence electrons. The van der Waals surface area contributed by atoms with E-state index in [1.54, 1.807) is 24.3 Å². The van der Waals surface area contributed by atoms with Crippen LogP contribution in [-0.4, -0.2) is 40.8 Å². The molecule has 1 aromatic carbocycles. The summed E-state index contributed by atoms with van der Waals surface area (Å²) in [5.41, 5.74) is 5.40. The molecule has 4 N–H and O–H groups in total. The third-order valence-electron chi connectivity index (χ3n) is 3.68. The number of amides is 1. The number of thioether (sulfide) groups is 1. The van der Waals surface area contributed by atoms with Crippen LogP contribution >= 0.6 is 11.8 Å².